The van der Waals surface area contributed by atoms with Crippen LogP contribution in [0.3, 0.4) is 0 Å². The number of carbonyl (C=O) groups excluding carboxylic acids is 1. The average molecular weight is 320 g/mol. The van der Waals surface area contributed by atoms with E-state index in [4.69, 9.17) is 0 Å². The molecule has 0 fully saturated rings. The van der Waals surface area contributed by atoms with Crippen LogP contribution in [0.15, 0.2) is 66.0 Å². The van der Waals surface area contributed by atoms with Crippen molar-refractivity contribution in [3.05, 3.63) is 82.7 Å². The van der Waals surface area contributed by atoms with Crippen LogP contribution in [0.4, 0.5) is 0 Å². The zero-order chi connectivity index (χ0) is 16.9. The summed E-state index contributed by atoms with van der Waals surface area (Å²) < 4.78 is 1.31. The highest BCUT2D eigenvalue weighted by Crippen LogP contribution is 2.07. The lowest BCUT2D eigenvalue weighted by molar-refractivity contribution is 0.0958. The molecule has 6 nitrogen and oxygen atoms in total. The molecule has 0 unspecified atom stereocenters. The largest absolute Gasteiger partial charge is 0.349 e. The fourth-order valence-corrected chi connectivity index (χ4v) is 2.33. The van der Waals surface area contributed by atoms with Crippen LogP contribution in [-0.4, -0.2) is 27.4 Å². The third-order valence-corrected chi connectivity index (χ3v) is 3.58. The van der Waals surface area contributed by atoms with Crippen LogP contribution in [0.25, 0.3) is 10.9 Å². The van der Waals surface area contributed by atoms with Crippen LogP contribution in [0.5, 0.6) is 0 Å². The van der Waals surface area contributed by atoms with Crippen molar-refractivity contribution < 1.29 is 4.79 Å². The highest BCUT2D eigenvalue weighted by molar-refractivity contribution is 5.94. The number of amides is 1. The first-order valence-electron chi connectivity index (χ1n) is 7.49. The van der Waals surface area contributed by atoms with Crippen molar-refractivity contribution in [3.63, 3.8) is 0 Å². The third kappa shape index (κ3) is 3.22. The van der Waals surface area contributed by atoms with Crippen molar-refractivity contribution >= 4 is 16.8 Å². The van der Waals surface area contributed by atoms with E-state index in [0.29, 0.717) is 29.6 Å². The Labute approximate surface area is 138 Å². The molecule has 0 bridgehead atoms. The molecule has 1 amide bonds. The predicted octanol–water partition coefficient (Wildman–Crippen LogP) is 1.76. The Morgan fingerprint density at radius 1 is 1.17 bits per heavy atom. The van der Waals surface area contributed by atoms with Gasteiger partial charge in [0.25, 0.3) is 11.5 Å². The van der Waals surface area contributed by atoms with Gasteiger partial charge in [-0.15, -0.1) is 11.7 Å². The van der Waals surface area contributed by atoms with Crippen molar-refractivity contribution in [2.24, 2.45) is 0 Å². The molecule has 120 valence electrons. The molecule has 0 aliphatic carbocycles. The number of hydrogen-bond donors (Lipinski definition) is 1. The summed E-state index contributed by atoms with van der Waals surface area (Å²) >= 11 is 0. The fraction of sp³-hybridized carbons (Fsp3) is 0.111. The van der Waals surface area contributed by atoms with Gasteiger partial charge in [-0.25, -0.2) is 4.68 Å². The van der Waals surface area contributed by atoms with Crippen LogP contribution in [0, 0.1) is 0 Å². The maximum absolute atomic E-state index is 12.4. The van der Waals surface area contributed by atoms with Gasteiger partial charge >= 0.3 is 0 Å². The summed E-state index contributed by atoms with van der Waals surface area (Å²) in [6.07, 6.45) is 1.62. The lowest BCUT2D eigenvalue weighted by atomic mass is 10.1. The van der Waals surface area contributed by atoms with Crippen molar-refractivity contribution in [3.8, 4) is 0 Å². The smallest absolute Gasteiger partial charge is 0.277 e. The minimum atomic E-state index is -0.187. The molecule has 1 heterocycles. The van der Waals surface area contributed by atoms with Gasteiger partial charge in [0.1, 0.15) is 5.52 Å². The molecule has 0 saturated heterocycles. The second-order valence-electron chi connectivity index (χ2n) is 5.27. The molecule has 0 aliphatic rings. The van der Waals surface area contributed by atoms with Gasteiger partial charge in [-0.1, -0.05) is 35.6 Å². The lowest BCUT2D eigenvalue weighted by Gasteiger charge is -2.06. The van der Waals surface area contributed by atoms with E-state index in [1.807, 2.05) is 6.07 Å². The Morgan fingerprint density at radius 2 is 1.92 bits per heavy atom. The number of aromatic nitrogens is 3. The zero-order valence-corrected chi connectivity index (χ0v) is 13.0. The number of benzene rings is 2. The molecule has 0 radical (unpaired) electrons. The van der Waals surface area contributed by atoms with Gasteiger partial charge in [0.15, 0.2) is 0 Å². The number of rotatable bonds is 5. The third-order valence-electron chi connectivity index (χ3n) is 3.58. The Balaban J connectivity index is 1.81. The fourth-order valence-electron chi connectivity index (χ4n) is 2.33. The monoisotopic (exact) mass is 320 g/mol. The molecule has 0 aliphatic heterocycles. The van der Waals surface area contributed by atoms with Gasteiger partial charge in [-0.2, -0.15) is 0 Å². The quantitative estimate of drug-likeness (QED) is 0.727. The highest BCUT2D eigenvalue weighted by atomic mass is 16.1. The minimum absolute atomic E-state index is 0.163. The van der Waals surface area contributed by atoms with Gasteiger partial charge in [0.05, 0.1) is 11.9 Å². The molecule has 1 N–H and O–H groups in total. The summed E-state index contributed by atoms with van der Waals surface area (Å²) in [6, 6.07) is 14.1. The van der Waals surface area contributed by atoms with Crippen molar-refractivity contribution in [2.75, 3.05) is 6.54 Å². The van der Waals surface area contributed by atoms with E-state index in [-0.39, 0.29) is 11.5 Å². The van der Waals surface area contributed by atoms with Crippen LogP contribution < -0.4 is 10.9 Å². The predicted molar refractivity (Wildman–Crippen MR) is 91.9 cm³/mol. The summed E-state index contributed by atoms with van der Waals surface area (Å²) in [7, 11) is 0. The topological polar surface area (TPSA) is 76.9 Å². The van der Waals surface area contributed by atoms with E-state index in [0.717, 1.165) is 5.56 Å². The molecule has 3 aromatic rings. The van der Waals surface area contributed by atoms with E-state index >= 15 is 0 Å². The Morgan fingerprint density at radius 3 is 2.67 bits per heavy atom. The standard InChI is InChI=1S/C18H16N4O2/c1-2-11-19-17(23)14-9-7-13(8-10-14)12-22-18(24)15-5-3-4-6-16(15)20-21-22/h2-10H,1,11-12H2,(H,19,23). The molecule has 2 aromatic carbocycles. The first-order valence-corrected chi connectivity index (χ1v) is 7.49. The number of fused-ring (bicyclic) bond motifs is 1. The Bertz CT molecular complexity index is 945. The molecular formula is C18H16N4O2. The SMILES string of the molecule is C=CCNC(=O)c1ccc(Cn2nnc3ccccc3c2=O)cc1. The minimum Gasteiger partial charge on any atom is -0.349 e. The maximum Gasteiger partial charge on any atom is 0.277 e. The number of carbonyl (C=O) groups is 1. The second-order valence-corrected chi connectivity index (χ2v) is 5.27. The normalized spacial score (nSPS) is 10.5. The summed E-state index contributed by atoms with van der Waals surface area (Å²) in [6.45, 7) is 4.27. The van der Waals surface area contributed by atoms with Crippen LogP contribution >= 0.6 is 0 Å². The van der Waals surface area contributed by atoms with Crippen molar-refractivity contribution in [2.45, 2.75) is 6.54 Å². The van der Waals surface area contributed by atoms with E-state index in [1.54, 1.807) is 48.5 Å². The summed E-state index contributed by atoms with van der Waals surface area (Å²) in [5.41, 5.74) is 1.81. The van der Waals surface area contributed by atoms with E-state index in [1.165, 1.54) is 4.68 Å². The molecule has 6 heteroatoms. The Kier molecular flexibility index (Phi) is 4.47. The summed E-state index contributed by atoms with van der Waals surface area (Å²) in [5.74, 6) is -0.163. The molecule has 0 atom stereocenters. The number of nitrogens with zero attached hydrogens (tertiary/aromatic N) is 3. The van der Waals surface area contributed by atoms with Gasteiger partial charge < -0.3 is 5.32 Å². The average Bonchev–Trinajstić information content (AvgIpc) is 2.63. The van der Waals surface area contributed by atoms with Gasteiger partial charge in [0.2, 0.25) is 0 Å². The lowest BCUT2D eigenvalue weighted by Crippen LogP contribution is -2.25. The van der Waals surface area contributed by atoms with Crippen molar-refractivity contribution in [1.29, 1.82) is 0 Å². The molecular weight excluding hydrogens is 304 g/mol. The van der Waals surface area contributed by atoms with Crippen LogP contribution in [-0.2, 0) is 6.54 Å². The van der Waals surface area contributed by atoms with Gasteiger partial charge in [0, 0.05) is 12.1 Å². The first kappa shape index (κ1) is 15.6. The zero-order valence-electron chi connectivity index (χ0n) is 13.0. The van der Waals surface area contributed by atoms with Crippen molar-refractivity contribution in [1.82, 2.24) is 20.3 Å². The number of nitrogens with one attached hydrogen (secondary N) is 1. The van der Waals surface area contributed by atoms with Gasteiger partial charge in [-0.3, -0.25) is 9.59 Å². The summed E-state index contributed by atoms with van der Waals surface area (Å²) in [5, 5.41) is 11.3. The molecule has 24 heavy (non-hydrogen) atoms. The molecule has 1 aromatic heterocycles. The van der Waals surface area contributed by atoms with Crippen LogP contribution in [0.2, 0.25) is 0 Å². The number of hydrogen-bond acceptors (Lipinski definition) is 4. The first-order chi connectivity index (χ1) is 11.7. The van der Waals surface area contributed by atoms with E-state index in [2.05, 4.69) is 22.2 Å². The Hall–Kier alpha value is -3.28. The second kappa shape index (κ2) is 6.87. The van der Waals surface area contributed by atoms with Crippen LogP contribution in [0.1, 0.15) is 15.9 Å². The maximum atomic E-state index is 12.4. The highest BCUT2D eigenvalue weighted by Gasteiger charge is 2.07. The molecule has 3 rings (SSSR count). The molecule has 0 spiro atoms. The van der Waals surface area contributed by atoms with Gasteiger partial charge in [-0.05, 0) is 29.8 Å². The summed E-state index contributed by atoms with van der Waals surface area (Å²) in [4.78, 5) is 24.3. The molecule has 0 saturated carbocycles. The van der Waals surface area contributed by atoms with E-state index in [9.17, 15) is 9.59 Å². The van der Waals surface area contributed by atoms with E-state index < -0.39 is 0 Å².